The number of aryl methyl sites for hydroxylation is 1. The molecule has 1 heterocycles. The SMILES string of the molecule is Cc1ccc(F)cc1NC(=O)N1CCN(c2ccccc2)CC1. The molecule has 3 rings (SSSR count). The highest BCUT2D eigenvalue weighted by Gasteiger charge is 2.21. The molecule has 1 fully saturated rings. The first kappa shape index (κ1) is 15.3. The first-order valence-corrected chi connectivity index (χ1v) is 7.75. The van der Waals surface area contributed by atoms with Gasteiger partial charge in [-0.05, 0) is 36.8 Å². The summed E-state index contributed by atoms with van der Waals surface area (Å²) in [6.45, 7) is 4.73. The summed E-state index contributed by atoms with van der Waals surface area (Å²) in [7, 11) is 0. The van der Waals surface area contributed by atoms with Gasteiger partial charge in [0.15, 0.2) is 0 Å². The van der Waals surface area contributed by atoms with Gasteiger partial charge in [0, 0.05) is 37.6 Å². The van der Waals surface area contributed by atoms with Gasteiger partial charge in [-0.15, -0.1) is 0 Å². The molecule has 5 heteroatoms. The van der Waals surface area contributed by atoms with Crippen LogP contribution in [0.1, 0.15) is 5.56 Å². The number of carbonyl (C=O) groups excluding carboxylic acids is 1. The first-order chi connectivity index (χ1) is 11.1. The number of piperazine rings is 1. The highest BCUT2D eigenvalue weighted by Crippen LogP contribution is 2.18. The molecule has 23 heavy (non-hydrogen) atoms. The normalized spacial score (nSPS) is 14.7. The van der Waals surface area contributed by atoms with Crippen LogP contribution in [-0.2, 0) is 0 Å². The van der Waals surface area contributed by atoms with Crippen molar-refractivity contribution < 1.29 is 9.18 Å². The predicted molar refractivity (Wildman–Crippen MR) is 90.4 cm³/mol. The topological polar surface area (TPSA) is 35.6 Å². The van der Waals surface area contributed by atoms with E-state index < -0.39 is 0 Å². The molecule has 0 saturated carbocycles. The van der Waals surface area contributed by atoms with Crippen molar-refractivity contribution in [3.63, 3.8) is 0 Å². The Labute approximate surface area is 135 Å². The third kappa shape index (κ3) is 3.62. The minimum atomic E-state index is -0.347. The summed E-state index contributed by atoms with van der Waals surface area (Å²) in [6.07, 6.45) is 0. The van der Waals surface area contributed by atoms with E-state index >= 15 is 0 Å². The highest BCUT2D eigenvalue weighted by molar-refractivity contribution is 5.90. The molecular weight excluding hydrogens is 293 g/mol. The summed E-state index contributed by atoms with van der Waals surface area (Å²) < 4.78 is 13.3. The molecule has 0 unspecified atom stereocenters. The fraction of sp³-hybridized carbons (Fsp3) is 0.278. The second-order valence-electron chi connectivity index (χ2n) is 5.70. The summed E-state index contributed by atoms with van der Waals surface area (Å²) in [4.78, 5) is 16.4. The van der Waals surface area contributed by atoms with Crippen LogP contribution in [0.4, 0.5) is 20.6 Å². The number of nitrogens with one attached hydrogen (secondary N) is 1. The van der Waals surface area contributed by atoms with Gasteiger partial charge in [0.25, 0.3) is 0 Å². The maximum atomic E-state index is 13.3. The third-order valence-corrected chi connectivity index (χ3v) is 4.13. The average Bonchev–Trinajstić information content (AvgIpc) is 2.59. The van der Waals surface area contributed by atoms with Crippen LogP contribution < -0.4 is 10.2 Å². The standard InChI is InChI=1S/C18H20FN3O/c1-14-7-8-15(19)13-17(14)20-18(23)22-11-9-21(10-12-22)16-5-3-2-4-6-16/h2-8,13H,9-12H2,1H3,(H,20,23). The molecule has 0 aromatic heterocycles. The van der Waals surface area contributed by atoms with Crippen LogP contribution in [-0.4, -0.2) is 37.1 Å². The minimum absolute atomic E-state index is 0.175. The molecule has 0 bridgehead atoms. The smallest absolute Gasteiger partial charge is 0.321 e. The van der Waals surface area contributed by atoms with Crippen molar-refractivity contribution in [2.75, 3.05) is 36.4 Å². The zero-order valence-corrected chi connectivity index (χ0v) is 13.1. The molecule has 120 valence electrons. The van der Waals surface area contributed by atoms with Gasteiger partial charge in [-0.3, -0.25) is 0 Å². The second kappa shape index (κ2) is 6.69. The molecular formula is C18H20FN3O. The lowest BCUT2D eigenvalue weighted by Gasteiger charge is -2.36. The molecule has 0 atom stereocenters. The number of hydrogen-bond acceptors (Lipinski definition) is 2. The minimum Gasteiger partial charge on any atom is -0.368 e. The number of carbonyl (C=O) groups is 1. The summed E-state index contributed by atoms with van der Waals surface area (Å²) in [5.41, 5.74) is 2.55. The third-order valence-electron chi connectivity index (χ3n) is 4.13. The van der Waals surface area contributed by atoms with Crippen LogP contribution in [0.15, 0.2) is 48.5 Å². The predicted octanol–water partition coefficient (Wildman–Crippen LogP) is 3.49. The summed E-state index contributed by atoms with van der Waals surface area (Å²) in [6, 6.07) is 14.4. The number of amides is 2. The molecule has 2 aromatic carbocycles. The number of hydrogen-bond donors (Lipinski definition) is 1. The summed E-state index contributed by atoms with van der Waals surface area (Å²) in [5.74, 6) is -0.347. The number of benzene rings is 2. The van der Waals surface area contributed by atoms with Crippen LogP contribution in [0.5, 0.6) is 0 Å². The first-order valence-electron chi connectivity index (χ1n) is 7.75. The molecule has 2 amide bonds. The van der Waals surface area contributed by atoms with Crippen molar-refractivity contribution in [3.05, 3.63) is 59.9 Å². The van der Waals surface area contributed by atoms with Crippen molar-refractivity contribution in [1.82, 2.24) is 4.90 Å². The second-order valence-corrected chi connectivity index (χ2v) is 5.70. The molecule has 1 saturated heterocycles. The van der Waals surface area contributed by atoms with Crippen LogP contribution in [0.3, 0.4) is 0 Å². The van der Waals surface area contributed by atoms with Crippen LogP contribution >= 0.6 is 0 Å². The number of rotatable bonds is 2. The van der Waals surface area contributed by atoms with E-state index in [1.807, 2.05) is 25.1 Å². The molecule has 0 radical (unpaired) electrons. The lowest BCUT2D eigenvalue weighted by molar-refractivity contribution is 0.208. The molecule has 2 aromatic rings. The van der Waals surface area contributed by atoms with Crippen molar-refractivity contribution >= 4 is 17.4 Å². The molecule has 0 aliphatic carbocycles. The van der Waals surface area contributed by atoms with Crippen LogP contribution in [0, 0.1) is 12.7 Å². The quantitative estimate of drug-likeness (QED) is 0.921. The zero-order chi connectivity index (χ0) is 16.2. The van der Waals surface area contributed by atoms with E-state index in [1.54, 1.807) is 11.0 Å². The summed E-state index contributed by atoms with van der Waals surface area (Å²) >= 11 is 0. The number of anilines is 2. The maximum absolute atomic E-state index is 13.3. The Kier molecular flexibility index (Phi) is 4.46. The fourth-order valence-electron chi connectivity index (χ4n) is 2.73. The van der Waals surface area contributed by atoms with Gasteiger partial charge in [-0.2, -0.15) is 0 Å². The lowest BCUT2D eigenvalue weighted by Crippen LogP contribution is -2.50. The van der Waals surface area contributed by atoms with E-state index in [-0.39, 0.29) is 11.8 Å². The van der Waals surface area contributed by atoms with Crippen molar-refractivity contribution in [1.29, 1.82) is 0 Å². The van der Waals surface area contributed by atoms with Gasteiger partial charge in [0.1, 0.15) is 5.82 Å². The maximum Gasteiger partial charge on any atom is 0.321 e. The monoisotopic (exact) mass is 313 g/mol. The van der Waals surface area contributed by atoms with Crippen molar-refractivity contribution in [2.45, 2.75) is 6.92 Å². The van der Waals surface area contributed by atoms with E-state index in [1.165, 1.54) is 17.8 Å². The highest BCUT2D eigenvalue weighted by atomic mass is 19.1. The lowest BCUT2D eigenvalue weighted by atomic mass is 10.2. The fourth-order valence-corrected chi connectivity index (χ4v) is 2.73. The van der Waals surface area contributed by atoms with E-state index in [0.717, 1.165) is 18.7 Å². The Morgan fingerprint density at radius 1 is 1.04 bits per heavy atom. The largest absolute Gasteiger partial charge is 0.368 e. The average molecular weight is 313 g/mol. The molecule has 1 aliphatic rings. The van der Waals surface area contributed by atoms with Gasteiger partial charge in [0.05, 0.1) is 0 Å². The van der Waals surface area contributed by atoms with Crippen LogP contribution in [0.2, 0.25) is 0 Å². The zero-order valence-electron chi connectivity index (χ0n) is 13.1. The number of para-hydroxylation sites is 1. The summed E-state index contributed by atoms with van der Waals surface area (Å²) in [5, 5.41) is 2.80. The van der Waals surface area contributed by atoms with Gasteiger partial charge in [-0.25, -0.2) is 9.18 Å². The van der Waals surface area contributed by atoms with Crippen molar-refractivity contribution in [3.8, 4) is 0 Å². The Bertz CT molecular complexity index is 682. The van der Waals surface area contributed by atoms with Gasteiger partial charge in [0.2, 0.25) is 0 Å². The van der Waals surface area contributed by atoms with E-state index in [2.05, 4.69) is 22.3 Å². The number of urea groups is 1. The van der Waals surface area contributed by atoms with E-state index in [9.17, 15) is 9.18 Å². The Hall–Kier alpha value is -2.56. The van der Waals surface area contributed by atoms with Crippen LogP contribution in [0.25, 0.3) is 0 Å². The Morgan fingerprint density at radius 2 is 1.74 bits per heavy atom. The number of nitrogens with zero attached hydrogens (tertiary/aromatic N) is 2. The molecule has 1 aliphatic heterocycles. The Morgan fingerprint density at radius 3 is 2.43 bits per heavy atom. The van der Waals surface area contributed by atoms with E-state index in [4.69, 9.17) is 0 Å². The Balaban J connectivity index is 1.59. The van der Waals surface area contributed by atoms with E-state index in [0.29, 0.717) is 18.8 Å². The van der Waals surface area contributed by atoms with Gasteiger partial charge < -0.3 is 15.1 Å². The van der Waals surface area contributed by atoms with Gasteiger partial charge in [-0.1, -0.05) is 24.3 Å². The number of halogens is 1. The van der Waals surface area contributed by atoms with Crippen molar-refractivity contribution in [2.24, 2.45) is 0 Å². The molecule has 0 spiro atoms. The molecule has 1 N–H and O–H groups in total. The van der Waals surface area contributed by atoms with Gasteiger partial charge >= 0.3 is 6.03 Å². The molecule has 4 nitrogen and oxygen atoms in total.